The van der Waals surface area contributed by atoms with Crippen LogP contribution in [0.4, 0.5) is 4.39 Å². The number of thiophene rings is 1. The maximum atomic E-state index is 13.6. The summed E-state index contributed by atoms with van der Waals surface area (Å²) in [6.45, 7) is 8.73. The number of hydrogen-bond acceptors (Lipinski definition) is 2. The minimum atomic E-state index is -0.242. The first-order chi connectivity index (χ1) is 12.9. The Morgan fingerprint density at radius 2 is 1.56 bits per heavy atom. The molecular formula is C24H27FOS. The van der Waals surface area contributed by atoms with Gasteiger partial charge in [0.25, 0.3) is 0 Å². The average molecular weight is 383 g/mol. The van der Waals surface area contributed by atoms with Crippen molar-refractivity contribution in [2.24, 2.45) is 0 Å². The topological polar surface area (TPSA) is 20.2 Å². The summed E-state index contributed by atoms with van der Waals surface area (Å²) in [7, 11) is 0. The summed E-state index contributed by atoms with van der Waals surface area (Å²) in [6, 6.07) is 13.2. The van der Waals surface area contributed by atoms with Crippen LogP contribution in [-0.4, -0.2) is 5.11 Å². The van der Waals surface area contributed by atoms with Crippen molar-refractivity contribution in [1.82, 2.24) is 0 Å². The van der Waals surface area contributed by atoms with Crippen LogP contribution in [0.3, 0.4) is 0 Å². The lowest BCUT2D eigenvalue weighted by Gasteiger charge is -2.25. The van der Waals surface area contributed by atoms with Gasteiger partial charge in [0.1, 0.15) is 5.82 Å². The summed E-state index contributed by atoms with van der Waals surface area (Å²) in [6.07, 6.45) is 0.823. The summed E-state index contributed by atoms with van der Waals surface area (Å²) in [5, 5.41) is 12.4. The summed E-state index contributed by atoms with van der Waals surface area (Å²) in [5.41, 5.74) is 6.73. The van der Waals surface area contributed by atoms with Crippen molar-refractivity contribution in [1.29, 1.82) is 0 Å². The van der Waals surface area contributed by atoms with E-state index in [1.54, 1.807) is 11.3 Å². The van der Waals surface area contributed by atoms with Gasteiger partial charge < -0.3 is 5.11 Å². The largest absolute Gasteiger partial charge is 0.392 e. The van der Waals surface area contributed by atoms with Crippen molar-refractivity contribution in [3.63, 3.8) is 0 Å². The number of halogens is 1. The van der Waals surface area contributed by atoms with Crippen LogP contribution in [0.25, 0.3) is 11.1 Å². The second-order valence-electron chi connectivity index (χ2n) is 7.62. The SMILES string of the molecule is CC(C)c1cc(C(C)C)c(Cc2cccs2)c(-c2ccc(F)cc2)c1CO. The van der Waals surface area contributed by atoms with Gasteiger partial charge in [0.05, 0.1) is 6.61 Å². The van der Waals surface area contributed by atoms with Crippen molar-refractivity contribution < 1.29 is 9.50 Å². The van der Waals surface area contributed by atoms with Gasteiger partial charge in [0.2, 0.25) is 0 Å². The van der Waals surface area contributed by atoms with E-state index in [9.17, 15) is 9.50 Å². The van der Waals surface area contributed by atoms with Gasteiger partial charge in [-0.3, -0.25) is 0 Å². The Morgan fingerprint density at radius 1 is 0.926 bits per heavy atom. The van der Waals surface area contributed by atoms with Gasteiger partial charge in [0, 0.05) is 11.3 Å². The number of hydrogen-bond donors (Lipinski definition) is 1. The smallest absolute Gasteiger partial charge is 0.123 e. The third-order valence-electron chi connectivity index (χ3n) is 5.08. The molecule has 3 heteroatoms. The van der Waals surface area contributed by atoms with Crippen molar-refractivity contribution in [3.8, 4) is 11.1 Å². The van der Waals surface area contributed by atoms with Crippen LogP contribution in [0.5, 0.6) is 0 Å². The summed E-state index contributed by atoms with van der Waals surface area (Å²) < 4.78 is 13.6. The first kappa shape index (κ1) is 19.8. The van der Waals surface area contributed by atoms with E-state index in [2.05, 4.69) is 51.3 Å². The molecule has 1 N–H and O–H groups in total. The van der Waals surface area contributed by atoms with Gasteiger partial charge in [-0.25, -0.2) is 4.39 Å². The van der Waals surface area contributed by atoms with E-state index in [-0.39, 0.29) is 12.4 Å². The van der Waals surface area contributed by atoms with Crippen LogP contribution in [0.2, 0.25) is 0 Å². The fourth-order valence-electron chi connectivity index (χ4n) is 3.76. The van der Waals surface area contributed by atoms with Gasteiger partial charge in [-0.15, -0.1) is 11.3 Å². The second-order valence-corrected chi connectivity index (χ2v) is 8.65. The standard InChI is InChI=1S/C24H27FOS/c1-15(2)20-13-21(16(3)4)23(14-26)24(17-7-9-18(25)10-8-17)22(20)12-19-6-5-11-27-19/h5-11,13,15-16,26H,12,14H2,1-4H3. The highest BCUT2D eigenvalue weighted by molar-refractivity contribution is 7.09. The number of aliphatic hydroxyl groups is 1. The molecule has 1 nitrogen and oxygen atoms in total. The highest BCUT2D eigenvalue weighted by atomic mass is 32.1. The Hall–Kier alpha value is -1.97. The summed E-state index contributed by atoms with van der Waals surface area (Å²) in [5.74, 6) is 0.428. The lowest BCUT2D eigenvalue weighted by atomic mass is 9.80. The molecule has 27 heavy (non-hydrogen) atoms. The van der Waals surface area contributed by atoms with E-state index in [1.807, 2.05) is 12.1 Å². The van der Waals surface area contributed by atoms with Gasteiger partial charge in [-0.2, -0.15) is 0 Å². The van der Waals surface area contributed by atoms with Crippen LogP contribution in [0, 0.1) is 5.82 Å². The monoisotopic (exact) mass is 382 g/mol. The van der Waals surface area contributed by atoms with Crippen molar-refractivity contribution in [3.05, 3.63) is 80.8 Å². The van der Waals surface area contributed by atoms with Crippen LogP contribution in [0.15, 0.2) is 47.8 Å². The molecule has 0 amide bonds. The molecule has 0 aliphatic rings. The summed E-state index contributed by atoms with van der Waals surface area (Å²) >= 11 is 1.75. The van der Waals surface area contributed by atoms with Gasteiger partial charge >= 0.3 is 0 Å². The zero-order valence-electron chi connectivity index (χ0n) is 16.4. The van der Waals surface area contributed by atoms with E-state index < -0.39 is 0 Å². The minimum absolute atomic E-state index is 0.0178. The molecule has 1 heterocycles. The fourth-order valence-corrected chi connectivity index (χ4v) is 4.47. The second kappa shape index (κ2) is 8.37. The van der Waals surface area contributed by atoms with Gasteiger partial charge in [0.15, 0.2) is 0 Å². The number of rotatable bonds is 6. The molecule has 0 aliphatic carbocycles. The van der Waals surface area contributed by atoms with Gasteiger partial charge in [-0.1, -0.05) is 52.0 Å². The predicted octanol–water partition coefficient (Wildman–Crippen LogP) is 6.88. The molecule has 3 aromatic rings. The Bertz CT molecular complexity index is 893. The molecule has 0 radical (unpaired) electrons. The molecule has 0 aliphatic heterocycles. The Balaban J connectivity index is 2.34. The highest BCUT2D eigenvalue weighted by Crippen LogP contribution is 2.40. The minimum Gasteiger partial charge on any atom is -0.392 e. The molecule has 1 aromatic heterocycles. The van der Waals surface area contributed by atoms with Crippen molar-refractivity contribution >= 4 is 11.3 Å². The van der Waals surface area contributed by atoms with E-state index in [0.29, 0.717) is 11.8 Å². The van der Waals surface area contributed by atoms with E-state index >= 15 is 0 Å². The lowest BCUT2D eigenvalue weighted by Crippen LogP contribution is -2.09. The highest BCUT2D eigenvalue weighted by Gasteiger charge is 2.22. The zero-order chi connectivity index (χ0) is 19.6. The molecule has 0 saturated heterocycles. The van der Waals surface area contributed by atoms with E-state index in [0.717, 1.165) is 23.1 Å². The first-order valence-corrected chi connectivity index (χ1v) is 10.4. The molecule has 0 fully saturated rings. The Labute approximate surface area is 165 Å². The number of aliphatic hydroxyl groups excluding tert-OH is 1. The third kappa shape index (κ3) is 4.15. The molecule has 0 spiro atoms. The maximum absolute atomic E-state index is 13.6. The Morgan fingerprint density at radius 3 is 2.07 bits per heavy atom. The fraction of sp³-hybridized carbons (Fsp3) is 0.333. The van der Waals surface area contributed by atoms with Crippen LogP contribution >= 0.6 is 11.3 Å². The molecule has 3 rings (SSSR count). The predicted molar refractivity (Wildman–Crippen MR) is 113 cm³/mol. The molecule has 0 unspecified atom stereocenters. The van der Waals surface area contributed by atoms with Gasteiger partial charge in [-0.05, 0) is 68.8 Å². The average Bonchev–Trinajstić information content (AvgIpc) is 3.14. The van der Waals surface area contributed by atoms with Crippen molar-refractivity contribution in [2.75, 3.05) is 0 Å². The third-order valence-corrected chi connectivity index (χ3v) is 5.95. The molecule has 0 bridgehead atoms. The first-order valence-electron chi connectivity index (χ1n) is 9.50. The van der Waals surface area contributed by atoms with Crippen LogP contribution in [0.1, 0.15) is 66.7 Å². The molecular weight excluding hydrogens is 355 g/mol. The Kier molecular flexibility index (Phi) is 6.13. The lowest BCUT2D eigenvalue weighted by molar-refractivity contribution is 0.280. The molecule has 0 atom stereocenters. The summed E-state index contributed by atoms with van der Waals surface area (Å²) in [4.78, 5) is 1.29. The number of benzene rings is 2. The van der Waals surface area contributed by atoms with Crippen molar-refractivity contribution in [2.45, 2.75) is 52.6 Å². The molecule has 0 saturated carbocycles. The van der Waals surface area contributed by atoms with E-state index in [1.165, 1.54) is 33.7 Å². The van der Waals surface area contributed by atoms with E-state index in [4.69, 9.17) is 0 Å². The van der Waals surface area contributed by atoms with Crippen LogP contribution < -0.4 is 0 Å². The quantitative estimate of drug-likeness (QED) is 0.492. The zero-order valence-corrected chi connectivity index (χ0v) is 17.2. The normalized spacial score (nSPS) is 11.6. The van der Waals surface area contributed by atoms with Crippen LogP contribution in [-0.2, 0) is 13.0 Å². The molecule has 142 valence electrons. The maximum Gasteiger partial charge on any atom is 0.123 e. The molecule has 2 aromatic carbocycles.